The Balaban J connectivity index is 3.29. The molecule has 0 spiro atoms. The molecular weight excluding hydrogens is 269 g/mol. The maximum Gasteiger partial charge on any atom is 0.200 e. The summed E-state index contributed by atoms with van der Waals surface area (Å²) >= 11 is 0. The van der Waals surface area contributed by atoms with Crippen molar-refractivity contribution in [3.8, 4) is 0 Å². The summed E-state index contributed by atoms with van der Waals surface area (Å²) in [6, 6.07) is -1.10. The first-order valence-electron chi connectivity index (χ1n) is 5.78. The average Bonchev–Trinajstić information content (AvgIpc) is 2.40. The number of nitrogens with one attached hydrogen (secondary N) is 1. The van der Waals surface area contributed by atoms with Crippen molar-refractivity contribution < 1.29 is 26.7 Å². The number of ether oxygens (including phenoxy) is 1. The Morgan fingerprint density at radius 1 is 0.895 bits per heavy atom. The normalized spacial score (nSPS) is 12.8. The molecule has 1 atom stereocenters. The van der Waals surface area contributed by atoms with E-state index in [2.05, 4.69) is 5.32 Å². The van der Waals surface area contributed by atoms with Crippen LogP contribution in [0.25, 0.3) is 0 Å². The third kappa shape index (κ3) is 3.22. The largest absolute Gasteiger partial charge is 0.380 e. The Bertz CT molecular complexity index is 423. The molecule has 0 saturated heterocycles. The standard InChI is InChI=1S/C12H14F5NO/c1-3-18-6(5-19-4-2)7-8(13)10(15)12(17)11(16)9(7)14/h6,18H,3-5H2,1-2H3. The molecule has 1 aromatic rings. The monoisotopic (exact) mass is 283 g/mol. The predicted molar refractivity (Wildman–Crippen MR) is 59.1 cm³/mol. The first kappa shape index (κ1) is 15.8. The van der Waals surface area contributed by atoms with Crippen molar-refractivity contribution in [1.29, 1.82) is 0 Å². The molecule has 7 heteroatoms. The van der Waals surface area contributed by atoms with E-state index >= 15 is 0 Å². The number of halogens is 5. The number of benzene rings is 1. The summed E-state index contributed by atoms with van der Waals surface area (Å²) in [6.07, 6.45) is 0. The summed E-state index contributed by atoms with van der Waals surface area (Å²) in [5.74, 6) is -9.73. The van der Waals surface area contributed by atoms with E-state index < -0.39 is 40.7 Å². The van der Waals surface area contributed by atoms with Crippen LogP contribution in [0, 0.1) is 29.1 Å². The third-order valence-electron chi connectivity index (χ3n) is 2.53. The molecule has 1 aromatic carbocycles. The van der Waals surface area contributed by atoms with E-state index in [1.807, 2.05) is 0 Å². The van der Waals surface area contributed by atoms with Gasteiger partial charge < -0.3 is 10.1 Å². The maximum atomic E-state index is 13.6. The van der Waals surface area contributed by atoms with E-state index in [4.69, 9.17) is 4.74 Å². The molecule has 0 bridgehead atoms. The first-order valence-corrected chi connectivity index (χ1v) is 5.78. The van der Waals surface area contributed by atoms with E-state index in [1.54, 1.807) is 13.8 Å². The molecule has 19 heavy (non-hydrogen) atoms. The number of rotatable bonds is 6. The molecule has 0 fully saturated rings. The fourth-order valence-corrected chi connectivity index (χ4v) is 1.65. The zero-order valence-electron chi connectivity index (χ0n) is 10.5. The zero-order valence-corrected chi connectivity index (χ0v) is 10.5. The lowest BCUT2D eigenvalue weighted by molar-refractivity contribution is 0.120. The molecule has 0 radical (unpaired) electrons. The Labute approximate surface area is 107 Å². The van der Waals surface area contributed by atoms with Gasteiger partial charge in [0.1, 0.15) is 0 Å². The van der Waals surface area contributed by atoms with Crippen molar-refractivity contribution in [3.05, 3.63) is 34.6 Å². The minimum atomic E-state index is -2.16. The van der Waals surface area contributed by atoms with Crippen LogP contribution < -0.4 is 5.32 Å². The highest BCUT2D eigenvalue weighted by atomic mass is 19.2. The molecule has 0 aliphatic carbocycles. The van der Waals surface area contributed by atoms with Crippen LogP contribution in [0.15, 0.2) is 0 Å². The molecule has 1 unspecified atom stereocenters. The highest BCUT2D eigenvalue weighted by Crippen LogP contribution is 2.28. The van der Waals surface area contributed by atoms with Gasteiger partial charge in [-0.15, -0.1) is 0 Å². The number of hydrogen-bond acceptors (Lipinski definition) is 2. The van der Waals surface area contributed by atoms with Crippen LogP contribution in [0.5, 0.6) is 0 Å². The summed E-state index contributed by atoms with van der Waals surface area (Å²) in [6.45, 7) is 3.66. The molecule has 1 N–H and O–H groups in total. The molecule has 0 aliphatic heterocycles. The topological polar surface area (TPSA) is 21.3 Å². The number of likely N-dealkylation sites (N-methyl/N-ethyl adjacent to an activating group) is 1. The highest BCUT2D eigenvalue weighted by molar-refractivity contribution is 5.27. The van der Waals surface area contributed by atoms with Crippen LogP contribution in [0.4, 0.5) is 22.0 Å². The van der Waals surface area contributed by atoms with E-state index in [0.29, 0.717) is 0 Å². The van der Waals surface area contributed by atoms with Crippen LogP contribution in [0.2, 0.25) is 0 Å². The third-order valence-corrected chi connectivity index (χ3v) is 2.53. The van der Waals surface area contributed by atoms with Crippen molar-refractivity contribution in [2.24, 2.45) is 0 Å². The second-order valence-electron chi connectivity index (χ2n) is 3.75. The lowest BCUT2D eigenvalue weighted by Gasteiger charge is -2.20. The molecule has 0 aromatic heterocycles. The number of hydrogen-bond donors (Lipinski definition) is 1. The van der Waals surface area contributed by atoms with Crippen molar-refractivity contribution in [2.75, 3.05) is 19.8 Å². The molecule has 0 aliphatic rings. The molecule has 0 amide bonds. The summed E-state index contributed by atoms with van der Waals surface area (Å²) in [5.41, 5.74) is -0.897. The van der Waals surface area contributed by atoms with Gasteiger partial charge in [0.15, 0.2) is 23.3 Å². The summed E-state index contributed by atoms with van der Waals surface area (Å²) in [4.78, 5) is 0. The first-order chi connectivity index (χ1) is 8.95. The van der Waals surface area contributed by atoms with Gasteiger partial charge in [0.25, 0.3) is 0 Å². The van der Waals surface area contributed by atoms with E-state index in [9.17, 15) is 22.0 Å². The minimum absolute atomic E-state index is 0.192. The fraction of sp³-hybridized carbons (Fsp3) is 0.500. The molecule has 1 rings (SSSR count). The van der Waals surface area contributed by atoms with Gasteiger partial charge in [-0.3, -0.25) is 0 Å². The SMILES string of the molecule is CCNC(COCC)c1c(F)c(F)c(F)c(F)c1F. The molecule has 2 nitrogen and oxygen atoms in total. The van der Waals surface area contributed by atoms with Gasteiger partial charge in [-0.05, 0) is 13.5 Å². The van der Waals surface area contributed by atoms with Crippen LogP contribution >= 0.6 is 0 Å². The summed E-state index contributed by atoms with van der Waals surface area (Å²) in [5, 5.41) is 2.63. The molecule has 0 heterocycles. The van der Waals surface area contributed by atoms with Gasteiger partial charge in [-0.25, -0.2) is 22.0 Å². The maximum absolute atomic E-state index is 13.6. The summed E-state index contributed by atoms with van der Waals surface area (Å²) < 4.78 is 71.3. The Morgan fingerprint density at radius 2 is 1.37 bits per heavy atom. The lowest BCUT2D eigenvalue weighted by atomic mass is 10.0. The molecular formula is C12H14F5NO. The van der Waals surface area contributed by atoms with Crippen LogP contribution in [-0.4, -0.2) is 19.8 Å². The smallest absolute Gasteiger partial charge is 0.200 e. The average molecular weight is 283 g/mol. The van der Waals surface area contributed by atoms with Crippen molar-refractivity contribution in [1.82, 2.24) is 5.32 Å². The van der Waals surface area contributed by atoms with Crippen LogP contribution in [0.3, 0.4) is 0 Å². The van der Waals surface area contributed by atoms with Gasteiger partial charge in [0, 0.05) is 12.2 Å². The van der Waals surface area contributed by atoms with Gasteiger partial charge in [-0.1, -0.05) is 6.92 Å². The van der Waals surface area contributed by atoms with Gasteiger partial charge in [0.05, 0.1) is 12.6 Å². The zero-order chi connectivity index (χ0) is 14.6. The Morgan fingerprint density at radius 3 is 1.79 bits per heavy atom. The van der Waals surface area contributed by atoms with Crippen molar-refractivity contribution in [3.63, 3.8) is 0 Å². The van der Waals surface area contributed by atoms with E-state index in [1.165, 1.54) is 0 Å². The van der Waals surface area contributed by atoms with Crippen LogP contribution in [-0.2, 0) is 4.74 Å². The molecule has 108 valence electrons. The van der Waals surface area contributed by atoms with E-state index in [0.717, 1.165) is 0 Å². The van der Waals surface area contributed by atoms with Crippen LogP contribution in [0.1, 0.15) is 25.5 Å². The second-order valence-corrected chi connectivity index (χ2v) is 3.75. The Kier molecular flexibility index (Phi) is 5.68. The minimum Gasteiger partial charge on any atom is -0.380 e. The van der Waals surface area contributed by atoms with Gasteiger partial charge in [-0.2, -0.15) is 0 Å². The Hall–Kier alpha value is -1.21. The van der Waals surface area contributed by atoms with Gasteiger partial charge in [0.2, 0.25) is 5.82 Å². The lowest BCUT2D eigenvalue weighted by Crippen LogP contribution is -2.28. The van der Waals surface area contributed by atoms with Gasteiger partial charge >= 0.3 is 0 Å². The second kappa shape index (κ2) is 6.81. The van der Waals surface area contributed by atoms with Crippen molar-refractivity contribution >= 4 is 0 Å². The quantitative estimate of drug-likeness (QED) is 0.492. The predicted octanol–water partition coefficient (Wildman–Crippen LogP) is 3.07. The molecule has 0 saturated carbocycles. The highest BCUT2D eigenvalue weighted by Gasteiger charge is 2.30. The fourth-order valence-electron chi connectivity index (χ4n) is 1.65. The summed E-state index contributed by atoms with van der Waals surface area (Å²) in [7, 11) is 0. The van der Waals surface area contributed by atoms with E-state index in [-0.39, 0.29) is 19.8 Å². The van der Waals surface area contributed by atoms with Crippen molar-refractivity contribution in [2.45, 2.75) is 19.9 Å².